The SMILES string of the molecule is CN(C(=O)c1csc(Cc2ccccc2)n1)C1CCCCCCC1. The van der Waals surface area contributed by atoms with Gasteiger partial charge in [-0.15, -0.1) is 11.3 Å². The van der Waals surface area contributed by atoms with Crippen LogP contribution in [0.4, 0.5) is 0 Å². The van der Waals surface area contributed by atoms with E-state index in [0.29, 0.717) is 11.7 Å². The highest BCUT2D eigenvalue weighted by atomic mass is 32.1. The molecule has 1 aliphatic carbocycles. The molecule has 1 heterocycles. The second-order valence-electron chi connectivity index (χ2n) is 6.70. The van der Waals surface area contributed by atoms with Crippen molar-refractivity contribution in [1.82, 2.24) is 9.88 Å². The molecule has 24 heavy (non-hydrogen) atoms. The second-order valence-corrected chi connectivity index (χ2v) is 7.65. The Labute approximate surface area is 148 Å². The molecule has 0 unspecified atom stereocenters. The van der Waals surface area contributed by atoms with E-state index in [2.05, 4.69) is 17.1 Å². The van der Waals surface area contributed by atoms with Gasteiger partial charge in [-0.1, -0.05) is 62.4 Å². The normalized spacial score (nSPS) is 16.4. The van der Waals surface area contributed by atoms with Gasteiger partial charge in [0.1, 0.15) is 5.69 Å². The summed E-state index contributed by atoms with van der Waals surface area (Å²) >= 11 is 1.59. The molecular formula is C20H26N2OS. The number of carbonyl (C=O) groups is 1. The van der Waals surface area contributed by atoms with Crippen LogP contribution in [-0.2, 0) is 6.42 Å². The van der Waals surface area contributed by atoms with E-state index in [1.54, 1.807) is 11.3 Å². The Morgan fingerprint density at radius 1 is 1.12 bits per heavy atom. The first kappa shape index (κ1) is 17.2. The van der Waals surface area contributed by atoms with E-state index in [-0.39, 0.29) is 5.91 Å². The van der Waals surface area contributed by atoms with E-state index in [9.17, 15) is 4.79 Å². The molecule has 0 radical (unpaired) electrons. The number of aromatic nitrogens is 1. The van der Waals surface area contributed by atoms with Crippen molar-refractivity contribution < 1.29 is 4.79 Å². The lowest BCUT2D eigenvalue weighted by Gasteiger charge is -2.29. The zero-order chi connectivity index (χ0) is 16.8. The van der Waals surface area contributed by atoms with Gasteiger partial charge in [-0.25, -0.2) is 4.98 Å². The molecule has 0 spiro atoms. The number of benzene rings is 1. The highest BCUT2D eigenvalue weighted by Gasteiger charge is 2.23. The molecule has 1 amide bonds. The summed E-state index contributed by atoms with van der Waals surface area (Å²) in [5.41, 5.74) is 1.84. The summed E-state index contributed by atoms with van der Waals surface area (Å²) < 4.78 is 0. The number of nitrogens with zero attached hydrogens (tertiary/aromatic N) is 2. The molecule has 128 valence electrons. The molecule has 4 heteroatoms. The fourth-order valence-corrected chi connectivity index (χ4v) is 4.23. The maximum Gasteiger partial charge on any atom is 0.273 e. The predicted molar refractivity (Wildman–Crippen MR) is 99.6 cm³/mol. The summed E-state index contributed by atoms with van der Waals surface area (Å²) in [5.74, 6) is 0.0798. The van der Waals surface area contributed by atoms with E-state index in [1.807, 2.05) is 35.5 Å². The number of hydrogen-bond donors (Lipinski definition) is 0. The molecule has 0 bridgehead atoms. The Morgan fingerprint density at radius 3 is 2.50 bits per heavy atom. The molecule has 2 aromatic rings. The largest absolute Gasteiger partial charge is 0.337 e. The third-order valence-corrected chi connectivity index (χ3v) is 5.76. The van der Waals surface area contributed by atoms with Gasteiger partial charge >= 0.3 is 0 Å². The molecule has 1 aliphatic rings. The molecule has 0 saturated heterocycles. The van der Waals surface area contributed by atoms with Gasteiger partial charge in [0.25, 0.3) is 5.91 Å². The van der Waals surface area contributed by atoms with E-state index < -0.39 is 0 Å². The average Bonchev–Trinajstić information content (AvgIpc) is 3.03. The smallest absolute Gasteiger partial charge is 0.273 e. The van der Waals surface area contributed by atoms with Crippen molar-refractivity contribution in [3.63, 3.8) is 0 Å². The van der Waals surface area contributed by atoms with Crippen LogP contribution in [0.1, 0.15) is 66.0 Å². The molecule has 1 aromatic heterocycles. The third kappa shape index (κ3) is 4.44. The zero-order valence-electron chi connectivity index (χ0n) is 14.4. The summed E-state index contributed by atoms with van der Waals surface area (Å²) in [6, 6.07) is 10.7. The van der Waals surface area contributed by atoms with E-state index >= 15 is 0 Å². The second kappa shape index (κ2) is 8.43. The molecule has 3 rings (SSSR count). The van der Waals surface area contributed by atoms with E-state index in [0.717, 1.165) is 24.3 Å². The molecule has 1 aromatic carbocycles. The lowest BCUT2D eigenvalue weighted by molar-refractivity contribution is 0.0701. The first-order valence-electron chi connectivity index (χ1n) is 8.99. The lowest BCUT2D eigenvalue weighted by Crippen LogP contribution is -2.37. The summed E-state index contributed by atoms with van der Waals surface area (Å²) in [7, 11) is 1.95. The summed E-state index contributed by atoms with van der Waals surface area (Å²) in [4.78, 5) is 19.3. The van der Waals surface area contributed by atoms with Crippen molar-refractivity contribution in [1.29, 1.82) is 0 Å². The van der Waals surface area contributed by atoms with Gasteiger partial charge in [0.2, 0.25) is 0 Å². The Hall–Kier alpha value is -1.68. The summed E-state index contributed by atoms with van der Waals surface area (Å²) in [6.45, 7) is 0. The number of carbonyl (C=O) groups excluding carboxylic acids is 1. The van der Waals surface area contributed by atoms with Gasteiger partial charge < -0.3 is 4.90 Å². The quantitative estimate of drug-likeness (QED) is 0.790. The minimum atomic E-state index is 0.0798. The van der Waals surface area contributed by atoms with Gasteiger partial charge in [0.05, 0.1) is 5.01 Å². The van der Waals surface area contributed by atoms with Crippen molar-refractivity contribution >= 4 is 17.2 Å². The fourth-order valence-electron chi connectivity index (χ4n) is 3.43. The maximum atomic E-state index is 12.8. The van der Waals surface area contributed by atoms with Gasteiger partial charge in [0.15, 0.2) is 0 Å². The van der Waals surface area contributed by atoms with Crippen molar-refractivity contribution in [2.75, 3.05) is 7.05 Å². The van der Waals surface area contributed by atoms with Crippen LogP contribution < -0.4 is 0 Å². The number of thiazole rings is 1. The first-order valence-corrected chi connectivity index (χ1v) is 9.87. The van der Waals surface area contributed by atoms with Crippen LogP contribution in [0.3, 0.4) is 0 Å². The van der Waals surface area contributed by atoms with E-state index in [1.165, 1.54) is 37.7 Å². The first-order chi connectivity index (χ1) is 11.7. The molecule has 0 atom stereocenters. The fraction of sp³-hybridized carbons (Fsp3) is 0.500. The zero-order valence-corrected chi connectivity index (χ0v) is 15.2. The van der Waals surface area contributed by atoms with Crippen molar-refractivity contribution in [3.05, 3.63) is 52.0 Å². The maximum absolute atomic E-state index is 12.8. The van der Waals surface area contributed by atoms with Crippen LogP contribution in [-0.4, -0.2) is 28.9 Å². The van der Waals surface area contributed by atoms with Crippen LogP contribution in [0.5, 0.6) is 0 Å². The van der Waals surface area contributed by atoms with Crippen LogP contribution >= 0.6 is 11.3 Å². The summed E-state index contributed by atoms with van der Waals surface area (Å²) in [5, 5.41) is 2.93. The molecular weight excluding hydrogens is 316 g/mol. The molecule has 0 aliphatic heterocycles. The number of hydrogen-bond acceptors (Lipinski definition) is 3. The van der Waals surface area contributed by atoms with Gasteiger partial charge in [-0.2, -0.15) is 0 Å². The lowest BCUT2D eigenvalue weighted by atomic mass is 9.96. The topological polar surface area (TPSA) is 33.2 Å². The van der Waals surface area contributed by atoms with Crippen molar-refractivity contribution in [2.24, 2.45) is 0 Å². The molecule has 1 fully saturated rings. The van der Waals surface area contributed by atoms with Gasteiger partial charge in [-0.3, -0.25) is 4.79 Å². The van der Waals surface area contributed by atoms with E-state index in [4.69, 9.17) is 0 Å². The number of rotatable bonds is 4. The Balaban J connectivity index is 1.64. The molecule has 0 N–H and O–H groups in total. The molecule has 3 nitrogen and oxygen atoms in total. The van der Waals surface area contributed by atoms with Crippen molar-refractivity contribution in [3.8, 4) is 0 Å². The van der Waals surface area contributed by atoms with Gasteiger partial charge in [0, 0.05) is 24.9 Å². The third-order valence-electron chi connectivity index (χ3n) is 4.91. The average molecular weight is 343 g/mol. The van der Waals surface area contributed by atoms with Crippen LogP contribution in [0, 0.1) is 0 Å². The molecule has 1 saturated carbocycles. The van der Waals surface area contributed by atoms with Gasteiger partial charge in [-0.05, 0) is 18.4 Å². The minimum absolute atomic E-state index is 0.0798. The standard InChI is InChI=1S/C20H26N2OS/c1-22(17-12-8-3-2-4-9-13-17)20(23)18-15-24-19(21-18)14-16-10-6-5-7-11-16/h5-7,10-11,15,17H,2-4,8-9,12-14H2,1H3. The summed E-state index contributed by atoms with van der Waals surface area (Å²) in [6.07, 6.45) is 9.47. The van der Waals surface area contributed by atoms with Crippen molar-refractivity contribution in [2.45, 2.75) is 57.4 Å². The highest BCUT2D eigenvalue weighted by molar-refractivity contribution is 7.09. The van der Waals surface area contributed by atoms with Crippen LogP contribution in [0.2, 0.25) is 0 Å². The number of amides is 1. The minimum Gasteiger partial charge on any atom is -0.337 e. The Bertz CT molecular complexity index is 645. The Morgan fingerprint density at radius 2 is 1.79 bits per heavy atom. The Kier molecular flexibility index (Phi) is 6.02. The predicted octanol–water partition coefficient (Wildman–Crippen LogP) is 4.92. The highest BCUT2D eigenvalue weighted by Crippen LogP contribution is 2.23. The van der Waals surface area contributed by atoms with Crippen LogP contribution in [0.15, 0.2) is 35.7 Å². The monoisotopic (exact) mass is 342 g/mol. The van der Waals surface area contributed by atoms with Crippen LogP contribution in [0.25, 0.3) is 0 Å².